The smallest absolute Gasteiger partial charge is 0.231 e. The second-order valence-electron chi connectivity index (χ2n) is 6.70. The van der Waals surface area contributed by atoms with Gasteiger partial charge in [-0.25, -0.2) is 0 Å². The molecule has 0 atom stereocenters. The van der Waals surface area contributed by atoms with E-state index in [0.717, 1.165) is 27.6 Å². The molecule has 6 nitrogen and oxygen atoms in total. The van der Waals surface area contributed by atoms with E-state index in [0.29, 0.717) is 17.1 Å². The van der Waals surface area contributed by atoms with Gasteiger partial charge in [-0.2, -0.15) is 0 Å². The van der Waals surface area contributed by atoms with Crippen molar-refractivity contribution in [3.05, 3.63) is 77.9 Å². The predicted octanol–water partition coefficient (Wildman–Crippen LogP) is 4.56. The third-order valence-electron chi connectivity index (χ3n) is 4.96. The number of ketones is 1. The monoisotopic (exact) mass is 384 g/mol. The number of methoxy groups -OCH3 is 1. The van der Waals surface area contributed by atoms with Crippen LogP contribution < -0.4 is 9.47 Å². The van der Waals surface area contributed by atoms with Crippen LogP contribution in [0.4, 0.5) is 0 Å². The van der Waals surface area contributed by atoms with Crippen molar-refractivity contribution in [2.75, 3.05) is 7.11 Å². The van der Waals surface area contributed by atoms with Crippen LogP contribution in [-0.2, 0) is 0 Å². The van der Waals surface area contributed by atoms with Crippen molar-refractivity contribution in [2.45, 2.75) is 0 Å². The molecule has 0 saturated carbocycles. The summed E-state index contributed by atoms with van der Waals surface area (Å²) in [6, 6.07) is 12.2. The van der Waals surface area contributed by atoms with Crippen molar-refractivity contribution in [2.24, 2.45) is 0 Å². The number of hydrogen-bond donors (Lipinski definition) is 2. The number of phenolic OH excluding ortho intramolecular Hbond substituents is 1. The molecule has 0 unspecified atom stereocenters. The maximum absolute atomic E-state index is 12.7. The second kappa shape index (κ2) is 6.53. The lowest BCUT2D eigenvalue weighted by molar-refractivity contribution is 0.101. The Kier molecular flexibility index (Phi) is 3.84. The number of benzene rings is 2. The van der Waals surface area contributed by atoms with E-state index in [4.69, 9.17) is 9.47 Å². The van der Waals surface area contributed by atoms with E-state index in [1.807, 2.05) is 30.5 Å². The van der Waals surface area contributed by atoms with Gasteiger partial charge in [-0.05, 0) is 48.0 Å². The first-order chi connectivity index (χ1) is 14.1. The van der Waals surface area contributed by atoms with Crippen LogP contribution in [0.1, 0.15) is 15.9 Å². The summed E-state index contributed by atoms with van der Waals surface area (Å²) in [5.41, 5.74) is 4.13. The number of aromatic hydroxyl groups is 1. The van der Waals surface area contributed by atoms with Gasteiger partial charge in [0.25, 0.3) is 0 Å². The van der Waals surface area contributed by atoms with Crippen molar-refractivity contribution in [1.82, 2.24) is 9.97 Å². The molecule has 5 rings (SSSR count). The summed E-state index contributed by atoms with van der Waals surface area (Å²) in [5, 5.41) is 10.5. The lowest BCUT2D eigenvalue weighted by Gasteiger charge is -2.08. The molecule has 3 heterocycles. The molecule has 0 saturated heterocycles. The Labute approximate surface area is 166 Å². The third kappa shape index (κ3) is 2.82. The van der Waals surface area contributed by atoms with Crippen LogP contribution in [0.5, 0.6) is 17.2 Å². The molecule has 2 aromatic carbocycles. The number of fused-ring (bicyclic) bond motifs is 2. The Morgan fingerprint density at radius 2 is 1.93 bits per heavy atom. The van der Waals surface area contributed by atoms with E-state index < -0.39 is 0 Å². The molecule has 0 radical (unpaired) electrons. The standard InChI is InChI=1S/C23H16N2O4/c1-28-16-10-18(13-4-6-24-7-5-13)22-19(11-16)14(12-25-22)8-21-23(27)17-3-2-15(26)9-20(17)29-21/h2-12,25-26H,1H3/b21-8-. The molecule has 6 heteroatoms. The minimum Gasteiger partial charge on any atom is -0.508 e. The highest BCUT2D eigenvalue weighted by Gasteiger charge is 2.28. The van der Waals surface area contributed by atoms with E-state index in [-0.39, 0.29) is 17.3 Å². The van der Waals surface area contributed by atoms with Crippen LogP contribution in [-0.4, -0.2) is 28.0 Å². The predicted molar refractivity (Wildman–Crippen MR) is 109 cm³/mol. The van der Waals surface area contributed by atoms with Crippen LogP contribution in [0.25, 0.3) is 28.1 Å². The van der Waals surface area contributed by atoms with Gasteiger partial charge in [0.05, 0.1) is 18.2 Å². The fourth-order valence-electron chi connectivity index (χ4n) is 3.54. The normalized spacial score (nSPS) is 14.2. The van der Waals surface area contributed by atoms with Gasteiger partial charge in [-0.15, -0.1) is 0 Å². The number of hydrogen-bond acceptors (Lipinski definition) is 5. The summed E-state index contributed by atoms with van der Waals surface area (Å²) < 4.78 is 11.2. The van der Waals surface area contributed by atoms with Gasteiger partial charge in [0.15, 0.2) is 5.76 Å². The number of ether oxygens (including phenoxy) is 2. The Hall–Kier alpha value is -4.06. The van der Waals surface area contributed by atoms with Crippen molar-refractivity contribution in [3.8, 4) is 28.4 Å². The summed E-state index contributed by atoms with van der Waals surface area (Å²) in [6.07, 6.45) is 7.02. The molecule has 2 aromatic heterocycles. The Balaban J connectivity index is 1.64. The number of aromatic nitrogens is 2. The third-order valence-corrected chi connectivity index (χ3v) is 4.96. The van der Waals surface area contributed by atoms with E-state index >= 15 is 0 Å². The number of carbonyl (C=O) groups excluding carboxylic acids is 1. The molecule has 2 N–H and O–H groups in total. The molecule has 4 aromatic rings. The topological polar surface area (TPSA) is 84.4 Å². The lowest BCUT2D eigenvalue weighted by atomic mass is 10.0. The Morgan fingerprint density at radius 1 is 1.10 bits per heavy atom. The number of aromatic amines is 1. The molecule has 0 aliphatic carbocycles. The highest BCUT2D eigenvalue weighted by Crippen LogP contribution is 2.37. The van der Waals surface area contributed by atoms with Crippen LogP contribution in [0.3, 0.4) is 0 Å². The number of pyridine rings is 1. The minimum absolute atomic E-state index is 0.0524. The van der Waals surface area contributed by atoms with Gasteiger partial charge < -0.3 is 19.6 Å². The molecule has 0 fully saturated rings. The zero-order chi connectivity index (χ0) is 20.0. The fourth-order valence-corrected chi connectivity index (χ4v) is 3.54. The molecule has 142 valence electrons. The number of nitrogens with one attached hydrogen (secondary N) is 1. The van der Waals surface area contributed by atoms with Crippen molar-refractivity contribution in [3.63, 3.8) is 0 Å². The number of allylic oxidation sites excluding steroid dienone is 1. The summed E-state index contributed by atoms with van der Waals surface area (Å²) in [6.45, 7) is 0. The molecule has 1 aliphatic rings. The average Bonchev–Trinajstić information content (AvgIpc) is 3.29. The number of carbonyl (C=O) groups is 1. The van der Waals surface area contributed by atoms with Crippen LogP contribution in [0, 0.1) is 0 Å². The fraction of sp³-hybridized carbons (Fsp3) is 0.0435. The summed E-state index contributed by atoms with van der Waals surface area (Å²) >= 11 is 0. The molecule has 29 heavy (non-hydrogen) atoms. The lowest BCUT2D eigenvalue weighted by Crippen LogP contribution is -1.97. The van der Waals surface area contributed by atoms with Gasteiger partial charge in [-0.3, -0.25) is 9.78 Å². The second-order valence-corrected chi connectivity index (χ2v) is 6.70. The Bertz CT molecular complexity index is 1290. The first-order valence-electron chi connectivity index (χ1n) is 9.01. The Morgan fingerprint density at radius 3 is 2.72 bits per heavy atom. The highest BCUT2D eigenvalue weighted by atomic mass is 16.5. The maximum atomic E-state index is 12.7. The van der Waals surface area contributed by atoms with Crippen LogP contribution in [0.15, 0.2) is 66.8 Å². The van der Waals surface area contributed by atoms with Crippen LogP contribution in [0.2, 0.25) is 0 Å². The zero-order valence-corrected chi connectivity index (χ0v) is 15.5. The van der Waals surface area contributed by atoms with Gasteiger partial charge >= 0.3 is 0 Å². The summed E-state index contributed by atoms with van der Waals surface area (Å²) in [7, 11) is 1.62. The zero-order valence-electron chi connectivity index (χ0n) is 15.5. The van der Waals surface area contributed by atoms with E-state index in [9.17, 15) is 9.90 Å². The van der Waals surface area contributed by atoms with Crippen molar-refractivity contribution < 1.29 is 19.4 Å². The van der Waals surface area contributed by atoms with Gasteiger partial charge in [-0.1, -0.05) is 0 Å². The molecule has 0 bridgehead atoms. The molecular weight excluding hydrogens is 368 g/mol. The molecule has 0 amide bonds. The van der Waals surface area contributed by atoms with Crippen molar-refractivity contribution in [1.29, 1.82) is 0 Å². The summed E-state index contributed by atoms with van der Waals surface area (Å²) in [4.78, 5) is 20.0. The molecule has 1 aliphatic heterocycles. The first-order valence-corrected chi connectivity index (χ1v) is 9.01. The maximum Gasteiger partial charge on any atom is 0.231 e. The van der Waals surface area contributed by atoms with Crippen LogP contribution >= 0.6 is 0 Å². The molecular formula is C23H16N2O4. The first kappa shape index (κ1) is 17.1. The van der Waals surface area contributed by atoms with Gasteiger partial charge in [0.2, 0.25) is 5.78 Å². The van der Waals surface area contributed by atoms with Crippen molar-refractivity contribution >= 4 is 22.8 Å². The number of phenols is 1. The largest absolute Gasteiger partial charge is 0.508 e. The summed E-state index contributed by atoms with van der Waals surface area (Å²) in [5.74, 6) is 1.11. The van der Waals surface area contributed by atoms with E-state index in [1.165, 1.54) is 12.1 Å². The van der Waals surface area contributed by atoms with E-state index in [2.05, 4.69) is 9.97 Å². The number of nitrogens with zero attached hydrogens (tertiary/aromatic N) is 1. The van der Waals surface area contributed by atoms with E-state index in [1.54, 1.807) is 31.6 Å². The van der Waals surface area contributed by atoms with Gasteiger partial charge in [0, 0.05) is 41.2 Å². The quantitative estimate of drug-likeness (QED) is 0.506. The SMILES string of the molecule is COc1cc(-c2ccncc2)c2[nH]cc(/C=C3\Oc4cc(O)ccc4C3=O)c2c1. The van der Waals surface area contributed by atoms with Gasteiger partial charge in [0.1, 0.15) is 17.2 Å². The number of H-pyrrole nitrogens is 1. The number of rotatable bonds is 3. The molecule has 0 spiro atoms. The minimum atomic E-state index is -0.216. The average molecular weight is 384 g/mol. The number of Topliss-reactive ketones (excluding diaryl/α,β-unsaturated/α-hetero) is 1. The highest BCUT2D eigenvalue weighted by molar-refractivity contribution is 6.15.